The van der Waals surface area contributed by atoms with E-state index in [1.54, 1.807) is 0 Å². The summed E-state index contributed by atoms with van der Waals surface area (Å²) in [6.07, 6.45) is 0. The second kappa shape index (κ2) is 4.17. The van der Waals surface area contributed by atoms with Crippen LogP contribution < -0.4 is 0 Å². The fourth-order valence-electron chi connectivity index (χ4n) is 1.11. The minimum absolute atomic E-state index is 0.399. The average Bonchev–Trinajstić information content (AvgIpc) is 2.65. The second-order valence-corrected chi connectivity index (χ2v) is 2.76. The monoisotopic (exact) mass is 194 g/mol. The summed E-state index contributed by atoms with van der Waals surface area (Å²) in [5, 5.41) is 7.42. The molecular weight excluding hydrogens is 184 g/mol. The van der Waals surface area contributed by atoms with Crippen LogP contribution in [0.4, 0.5) is 0 Å². The lowest BCUT2D eigenvalue weighted by atomic mass is 10.2. The van der Waals surface area contributed by atoms with Crippen molar-refractivity contribution in [2.75, 3.05) is 6.61 Å². The molecule has 2 rings (SSSR count). The summed E-state index contributed by atoms with van der Waals surface area (Å²) in [6.45, 7) is 2.80. The predicted octanol–water partition coefficient (Wildman–Crippen LogP) is 1.69. The topological polar surface area (TPSA) is 57.4 Å². The van der Waals surface area contributed by atoms with Crippen molar-refractivity contribution < 1.29 is 14.4 Å². The van der Waals surface area contributed by atoms with E-state index in [1.165, 1.54) is 0 Å². The highest BCUT2D eigenvalue weighted by atomic mass is 17.2. The van der Waals surface area contributed by atoms with Crippen LogP contribution in [0.5, 0.6) is 0 Å². The smallest absolute Gasteiger partial charge is 0.135 e. The van der Waals surface area contributed by atoms with Gasteiger partial charge in [-0.05, 0) is 34.9 Å². The molecule has 0 unspecified atom stereocenters. The van der Waals surface area contributed by atoms with Crippen LogP contribution in [0.2, 0.25) is 0 Å². The number of benzene rings is 1. The summed E-state index contributed by atoms with van der Waals surface area (Å²) < 4.78 is 4.57. The Kier molecular flexibility index (Phi) is 2.71. The Morgan fingerprint density at radius 3 is 2.93 bits per heavy atom. The van der Waals surface area contributed by atoms with Gasteiger partial charge in [0, 0.05) is 0 Å². The SMILES string of the molecule is CCOOCc1ccc2nonc2c1. The summed E-state index contributed by atoms with van der Waals surface area (Å²) in [5.74, 6) is 0. The van der Waals surface area contributed by atoms with Gasteiger partial charge in [-0.3, -0.25) is 0 Å². The first kappa shape index (κ1) is 9.11. The summed E-state index contributed by atoms with van der Waals surface area (Å²) >= 11 is 0. The van der Waals surface area contributed by atoms with Crippen LogP contribution in [0.1, 0.15) is 12.5 Å². The molecule has 0 amide bonds. The maximum atomic E-state index is 4.92. The molecule has 0 spiro atoms. The highest BCUT2D eigenvalue weighted by Gasteiger charge is 2.01. The Bertz CT molecular complexity index is 413. The molecule has 1 aromatic carbocycles. The van der Waals surface area contributed by atoms with E-state index in [4.69, 9.17) is 9.78 Å². The van der Waals surface area contributed by atoms with E-state index < -0.39 is 0 Å². The van der Waals surface area contributed by atoms with Crippen molar-refractivity contribution in [3.8, 4) is 0 Å². The van der Waals surface area contributed by atoms with E-state index in [9.17, 15) is 0 Å². The molecule has 0 N–H and O–H groups in total. The molecule has 0 aliphatic carbocycles. The van der Waals surface area contributed by atoms with Crippen molar-refractivity contribution in [1.29, 1.82) is 0 Å². The molecule has 0 fully saturated rings. The molecule has 14 heavy (non-hydrogen) atoms. The fraction of sp³-hybridized carbons (Fsp3) is 0.333. The molecule has 0 aliphatic rings. The van der Waals surface area contributed by atoms with Gasteiger partial charge < -0.3 is 0 Å². The molecule has 0 saturated carbocycles. The number of fused-ring (bicyclic) bond motifs is 1. The van der Waals surface area contributed by atoms with Gasteiger partial charge in [0.2, 0.25) is 0 Å². The zero-order valence-electron chi connectivity index (χ0n) is 7.77. The third-order valence-corrected chi connectivity index (χ3v) is 1.74. The number of rotatable bonds is 4. The fourth-order valence-corrected chi connectivity index (χ4v) is 1.11. The van der Waals surface area contributed by atoms with Crippen molar-refractivity contribution >= 4 is 11.0 Å². The molecule has 2 aromatic rings. The summed E-state index contributed by atoms with van der Waals surface area (Å²) in [7, 11) is 0. The minimum atomic E-state index is 0.399. The van der Waals surface area contributed by atoms with Gasteiger partial charge in [0.1, 0.15) is 17.6 Å². The third-order valence-electron chi connectivity index (χ3n) is 1.74. The van der Waals surface area contributed by atoms with Gasteiger partial charge in [-0.15, -0.1) is 0 Å². The number of hydrogen-bond donors (Lipinski definition) is 0. The molecule has 5 nitrogen and oxygen atoms in total. The molecule has 0 atom stereocenters. The van der Waals surface area contributed by atoms with E-state index in [0.29, 0.717) is 13.2 Å². The molecule has 0 saturated heterocycles. The van der Waals surface area contributed by atoms with Gasteiger partial charge in [0.15, 0.2) is 0 Å². The average molecular weight is 194 g/mol. The quantitative estimate of drug-likeness (QED) is 0.421. The van der Waals surface area contributed by atoms with Crippen LogP contribution >= 0.6 is 0 Å². The summed E-state index contributed by atoms with van der Waals surface area (Å²) in [6, 6.07) is 5.58. The molecular formula is C9H10N2O3. The van der Waals surface area contributed by atoms with Gasteiger partial charge in [-0.2, -0.15) is 0 Å². The number of nitrogens with zero attached hydrogens (tertiary/aromatic N) is 2. The summed E-state index contributed by atoms with van der Waals surface area (Å²) in [5.41, 5.74) is 2.44. The molecule has 74 valence electrons. The molecule has 5 heteroatoms. The Morgan fingerprint density at radius 2 is 2.07 bits per heavy atom. The molecule has 1 aromatic heterocycles. The maximum absolute atomic E-state index is 4.92. The summed E-state index contributed by atoms with van der Waals surface area (Å²) in [4.78, 5) is 9.69. The minimum Gasteiger partial charge on any atom is -0.243 e. The Balaban J connectivity index is 2.10. The molecule has 0 radical (unpaired) electrons. The van der Waals surface area contributed by atoms with Gasteiger partial charge in [0.05, 0.1) is 6.61 Å². The Labute approximate surface area is 80.5 Å². The Hall–Kier alpha value is -1.46. The highest BCUT2D eigenvalue weighted by Crippen LogP contribution is 2.12. The number of aromatic nitrogens is 2. The van der Waals surface area contributed by atoms with Crippen molar-refractivity contribution in [2.45, 2.75) is 13.5 Å². The largest absolute Gasteiger partial charge is 0.243 e. The van der Waals surface area contributed by atoms with Gasteiger partial charge >= 0.3 is 0 Å². The van der Waals surface area contributed by atoms with E-state index in [2.05, 4.69) is 14.9 Å². The highest BCUT2D eigenvalue weighted by molar-refractivity contribution is 5.73. The van der Waals surface area contributed by atoms with Crippen LogP contribution in [-0.2, 0) is 16.4 Å². The lowest BCUT2D eigenvalue weighted by molar-refractivity contribution is -0.300. The van der Waals surface area contributed by atoms with E-state index in [1.807, 2.05) is 25.1 Å². The standard InChI is InChI=1S/C9H10N2O3/c1-2-12-13-6-7-3-4-8-9(5-7)11-14-10-8/h3-5H,2,6H2,1H3. The first-order valence-corrected chi connectivity index (χ1v) is 4.36. The maximum Gasteiger partial charge on any atom is 0.135 e. The van der Waals surface area contributed by atoms with Crippen LogP contribution in [0.3, 0.4) is 0 Å². The van der Waals surface area contributed by atoms with Crippen molar-refractivity contribution in [3.05, 3.63) is 23.8 Å². The van der Waals surface area contributed by atoms with Gasteiger partial charge in [-0.1, -0.05) is 6.07 Å². The first-order chi connectivity index (χ1) is 6.90. The zero-order chi connectivity index (χ0) is 9.80. The van der Waals surface area contributed by atoms with Gasteiger partial charge in [0.25, 0.3) is 0 Å². The Morgan fingerprint density at radius 1 is 1.21 bits per heavy atom. The lowest BCUT2D eigenvalue weighted by Crippen LogP contribution is -1.94. The van der Waals surface area contributed by atoms with Crippen LogP contribution in [0.25, 0.3) is 11.0 Å². The normalized spacial score (nSPS) is 10.9. The second-order valence-electron chi connectivity index (χ2n) is 2.76. The van der Waals surface area contributed by atoms with E-state index in [-0.39, 0.29) is 0 Å². The van der Waals surface area contributed by atoms with Crippen LogP contribution in [0.15, 0.2) is 22.8 Å². The van der Waals surface area contributed by atoms with Crippen LogP contribution in [0, 0.1) is 0 Å². The van der Waals surface area contributed by atoms with Crippen LogP contribution in [-0.4, -0.2) is 16.9 Å². The van der Waals surface area contributed by atoms with Crippen molar-refractivity contribution in [2.24, 2.45) is 0 Å². The van der Waals surface area contributed by atoms with Crippen molar-refractivity contribution in [1.82, 2.24) is 10.3 Å². The van der Waals surface area contributed by atoms with Crippen molar-refractivity contribution in [3.63, 3.8) is 0 Å². The third kappa shape index (κ3) is 1.89. The molecule has 1 heterocycles. The predicted molar refractivity (Wildman–Crippen MR) is 48.2 cm³/mol. The lowest BCUT2D eigenvalue weighted by Gasteiger charge is -2.00. The first-order valence-electron chi connectivity index (χ1n) is 4.36. The molecule has 0 aliphatic heterocycles. The van der Waals surface area contributed by atoms with E-state index in [0.717, 1.165) is 16.6 Å². The molecule has 0 bridgehead atoms. The zero-order valence-corrected chi connectivity index (χ0v) is 7.77. The number of hydrogen-bond acceptors (Lipinski definition) is 5. The van der Waals surface area contributed by atoms with E-state index >= 15 is 0 Å². The van der Waals surface area contributed by atoms with Gasteiger partial charge in [-0.25, -0.2) is 14.4 Å².